The third-order valence-corrected chi connectivity index (χ3v) is 4.20. The number of rotatable bonds is 4. The lowest BCUT2D eigenvalue weighted by Gasteiger charge is -2.31. The van der Waals surface area contributed by atoms with E-state index in [0.717, 1.165) is 5.69 Å². The van der Waals surface area contributed by atoms with Gasteiger partial charge in [0.05, 0.1) is 5.69 Å². The number of benzene rings is 1. The Morgan fingerprint density at radius 1 is 1.33 bits per heavy atom. The number of anilines is 1. The SMILES string of the molecule is CC(NC(=O)c1ccn(-c2ccc(N)cc2)n1)C1CCC1. The van der Waals surface area contributed by atoms with E-state index in [1.54, 1.807) is 16.9 Å². The van der Waals surface area contributed by atoms with Crippen LogP contribution in [-0.4, -0.2) is 21.7 Å². The molecule has 1 amide bonds. The third kappa shape index (κ3) is 2.91. The standard InChI is InChI=1S/C16H20N4O/c1-11(12-3-2-4-12)18-16(21)15-9-10-20(19-15)14-7-5-13(17)6-8-14/h5-12H,2-4,17H2,1H3,(H,18,21). The molecule has 1 aromatic heterocycles. The molecule has 1 unspecified atom stereocenters. The van der Waals surface area contributed by atoms with Crippen molar-refractivity contribution in [1.29, 1.82) is 0 Å². The van der Waals surface area contributed by atoms with Crippen LogP contribution in [0.15, 0.2) is 36.5 Å². The number of carbonyl (C=O) groups excluding carboxylic acids is 1. The van der Waals surface area contributed by atoms with E-state index in [0.29, 0.717) is 17.3 Å². The second-order valence-corrected chi connectivity index (χ2v) is 5.69. The Labute approximate surface area is 124 Å². The van der Waals surface area contributed by atoms with Gasteiger partial charge in [-0.2, -0.15) is 5.10 Å². The summed E-state index contributed by atoms with van der Waals surface area (Å²) < 4.78 is 1.68. The zero-order chi connectivity index (χ0) is 14.8. The lowest BCUT2D eigenvalue weighted by atomic mass is 9.80. The van der Waals surface area contributed by atoms with E-state index < -0.39 is 0 Å². The summed E-state index contributed by atoms with van der Waals surface area (Å²) in [6.45, 7) is 2.07. The molecule has 0 bridgehead atoms. The molecular weight excluding hydrogens is 264 g/mol. The van der Waals surface area contributed by atoms with Gasteiger partial charge in [0.25, 0.3) is 5.91 Å². The molecule has 3 N–H and O–H groups in total. The maximum atomic E-state index is 12.2. The number of nitrogens with one attached hydrogen (secondary N) is 1. The number of nitrogens with zero attached hydrogens (tertiary/aromatic N) is 2. The number of carbonyl (C=O) groups is 1. The second-order valence-electron chi connectivity index (χ2n) is 5.69. The Morgan fingerprint density at radius 2 is 2.05 bits per heavy atom. The molecule has 3 rings (SSSR count). The monoisotopic (exact) mass is 284 g/mol. The summed E-state index contributed by atoms with van der Waals surface area (Å²) in [5, 5.41) is 7.37. The summed E-state index contributed by atoms with van der Waals surface area (Å²) in [6.07, 6.45) is 5.48. The first kappa shape index (κ1) is 13.7. The molecular formula is C16H20N4O. The minimum atomic E-state index is -0.108. The fraction of sp³-hybridized carbons (Fsp3) is 0.375. The Morgan fingerprint density at radius 3 is 2.67 bits per heavy atom. The fourth-order valence-corrected chi connectivity index (χ4v) is 2.55. The van der Waals surface area contributed by atoms with Crippen molar-refractivity contribution in [2.24, 2.45) is 5.92 Å². The van der Waals surface area contributed by atoms with Gasteiger partial charge in [-0.3, -0.25) is 4.79 Å². The average Bonchev–Trinajstić information content (AvgIpc) is 2.87. The minimum Gasteiger partial charge on any atom is -0.399 e. The summed E-state index contributed by atoms with van der Waals surface area (Å²) in [4.78, 5) is 12.2. The zero-order valence-corrected chi connectivity index (χ0v) is 12.1. The molecule has 0 radical (unpaired) electrons. The van der Waals surface area contributed by atoms with Gasteiger partial charge in [0.15, 0.2) is 5.69 Å². The van der Waals surface area contributed by atoms with Crippen LogP contribution in [0.5, 0.6) is 0 Å². The number of nitrogens with two attached hydrogens (primary N) is 1. The van der Waals surface area contributed by atoms with Gasteiger partial charge >= 0.3 is 0 Å². The molecule has 1 aliphatic carbocycles. The Hall–Kier alpha value is -2.30. The predicted octanol–water partition coefficient (Wildman–Crippen LogP) is 2.37. The van der Waals surface area contributed by atoms with Gasteiger partial charge in [-0.1, -0.05) is 6.42 Å². The molecule has 1 saturated carbocycles. The number of aromatic nitrogens is 2. The van der Waals surface area contributed by atoms with Gasteiger partial charge in [-0.05, 0) is 56.0 Å². The van der Waals surface area contributed by atoms with Gasteiger partial charge < -0.3 is 11.1 Å². The Bertz CT molecular complexity index is 628. The van der Waals surface area contributed by atoms with Gasteiger partial charge in [0, 0.05) is 17.9 Å². The van der Waals surface area contributed by atoms with Crippen molar-refractivity contribution in [3.05, 3.63) is 42.2 Å². The molecule has 5 heteroatoms. The van der Waals surface area contributed by atoms with Crippen LogP contribution in [0, 0.1) is 5.92 Å². The highest BCUT2D eigenvalue weighted by molar-refractivity contribution is 5.92. The molecule has 1 aliphatic rings. The lowest BCUT2D eigenvalue weighted by Crippen LogP contribution is -2.40. The number of amides is 1. The van der Waals surface area contributed by atoms with Crippen LogP contribution in [0.1, 0.15) is 36.7 Å². The molecule has 1 atom stereocenters. The molecule has 110 valence electrons. The third-order valence-electron chi connectivity index (χ3n) is 4.20. The highest BCUT2D eigenvalue weighted by Gasteiger charge is 2.25. The van der Waals surface area contributed by atoms with Gasteiger partial charge in [0.1, 0.15) is 0 Å². The van der Waals surface area contributed by atoms with Crippen LogP contribution < -0.4 is 11.1 Å². The summed E-state index contributed by atoms with van der Waals surface area (Å²) in [5.74, 6) is 0.511. The Balaban J connectivity index is 1.69. The molecule has 0 aliphatic heterocycles. The maximum Gasteiger partial charge on any atom is 0.272 e. The summed E-state index contributed by atoms with van der Waals surface area (Å²) in [5.41, 5.74) is 7.70. The first-order chi connectivity index (χ1) is 10.1. The summed E-state index contributed by atoms with van der Waals surface area (Å²) in [7, 11) is 0. The molecule has 1 fully saturated rings. The normalized spacial score (nSPS) is 16.2. The van der Waals surface area contributed by atoms with Gasteiger partial charge in [0.2, 0.25) is 0 Å². The van der Waals surface area contributed by atoms with Crippen molar-refractivity contribution < 1.29 is 4.79 Å². The van der Waals surface area contributed by atoms with Crippen LogP contribution in [0.4, 0.5) is 5.69 Å². The molecule has 21 heavy (non-hydrogen) atoms. The van der Waals surface area contributed by atoms with Crippen molar-refractivity contribution in [2.45, 2.75) is 32.2 Å². The summed E-state index contributed by atoms with van der Waals surface area (Å²) >= 11 is 0. The van der Waals surface area contributed by atoms with E-state index in [1.807, 2.05) is 24.3 Å². The molecule has 2 aromatic rings. The van der Waals surface area contributed by atoms with Crippen molar-refractivity contribution in [2.75, 3.05) is 5.73 Å². The van der Waals surface area contributed by atoms with Crippen molar-refractivity contribution in [3.8, 4) is 5.69 Å². The van der Waals surface area contributed by atoms with E-state index in [-0.39, 0.29) is 11.9 Å². The first-order valence-electron chi connectivity index (χ1n) is 7.36. The topological polar surface area (TPSA) is 72.9 Å². The zero-order valence-electron chi connectivity index (χ0n) is 12.1. The van der Waals surface area contributed by atoms with E-state index in [9.17, 15) is 4.79 Å². The van der Waals surface area contributed by atoms with E-state index >= 15 is 0 Å². The predicted molar refractivity (Wildman–Crippen MR) is 82.2 cm³/mol. The second kappa shape index (κ2) is 5.60. The number of nitrogen functional groups attached to an aromatic ring is 1. The average molecular weight is 284 g/mol. The highest BCUT2D eigenvalue weighted by Crippen LogP contribution is 2.29. The largest absolute Gasteiger partial charge is 0.399 e. The van der Waals surface area contributed by atoms with Crippen LogP contribution in [0.2, 0.25) is 0 Å². The van der Waals surface area contributed by atoms with Crippen LogP contribution in [0.25, 0.3) is 5.69 Å². The fourth-order valence-electron chi connectivity index (χ4n) is 2.55. The van der Waals surface area contributed by atoms with Crippen LogP contribution >= 0.6 is 0 Å². The first-order valence-corrected chi connectivity index (χ1v) is 7.36. The molecule has 5 nitrogen and oxygen atoms in total. The van der Waals surface area contributed by atoms with E-state index in [4.69, 9.17) is 5.73 Å². The van der Waals surface area contributed by atoms with Crippen molar-refractivity contribution in [3.63, 3.8) is 0 Å². The molecule has 1 aromatic carbocycles. The smallest absolute Gasteiger partial charge is 0.272 e. The van der Waals surface area contributed by atoms with Crippen LogP contribution in [0.3, 0.4) is 0 Å². The molecule has 0 spiro atoms. The Kier molecular flexibility index (Phi) is 3.64. The van der Waals surface area contributed by atoms with Crippen molar-refractivity contribution in [1.82, 2.24) is 15.1 Å². The molecule has 0 saturated heterocycles. The van der Waals surface area contributed by atoms with Gasteiger partial charge in [-0.25, -0.2) is 4.68 Å². The van der Waals surface area contributed by atoms with Crippen LogP contribution in [-0.2, 0) is 0 Å². The number of hydrogen-bond acceptors (Lipinski definition) is 3. The minimum absolute atomic E-state index is 0.108. The number of hydrogen-bond donors (Lipinski definition) is 2. The van der Waals surface area contributed by atoms with E-state index in [1.165, 1.54) is 19.3 Å². The van der Waals surface area contributed by atoms with Gasteiger partial charge in [-0.15, -0.1) is 0 Å². The molecule has 1 heterocycles. The lowest BCUT2D eigenvalue weighted by molar-refractivity contribution is 0.0904. The quantitative estimate of drug-likeness (QED) is 0.847. The summed E-state index contributed by atoms with van der Waals surface area (Å²) in [6, 6.07) is 9.33. The van der Waals surface area contributed by atoms with E-state index in [2.05, 4.69) is 17.3 Å². The maximum absolute atomic E-state index is 12.2. The highest BCUT2D eigenvalue weighted by atomic mass is 16.2. The van der Waals surface area contributed by atoms with Crippen molar-refractivity contribution >= 4 is 11.6 Å².